The van der Waals surface area contributed by atoms with E-state index in [1.54, 1.807) is 0 Å². The van der Waals surface area contributed by atoms with E-state index in [2.05, 4.69) is 0 Å². The zero-order valence-corrected chi connectivity index (χ0v) is 9.51. The van der Waals surface area contributed by atoms with Crippen LogP contribution >= 0.6 is 0 Å². The van der Waals surface area contributed by atoms with Crippen molar-refractivity contribution in [1.82, 2.24) is 0 Å². The summed E-state index contributed by atoms with van der Waals surface area (Å²) in [5.74, 6) is -2.64. The average Bonchev–Trinajstić information content (AvgIpc) is 2.21. The number of hydrogen-bond donors (Lipinski definition) is 2. The molecular weight excluding hydrogens is 216 g/mol. The molecule has 2 atom stereocenters. The summed E-state index contributed by atoms with van der Waals surface area (Å²) >= 11 is 0. The summed E-state index contributed by atoms with van der Waals surface area (Å²) in [6.07, 6.45) is -1.68. The largest absolute Gasteiger partial charge is 0.479 e. The molecule has 0 unspecified atom stereocenters. The van der Waals surface area contributed by atoms with Crippen molar-refractivity contribution in [2.24, 2.45) is 0 Å². The van der Waals surface area contributed by atoms with Crippen molar-refractivity contribution in [3.05, 3.63) is 0 Å². The van der Waals surface area contributed by atoms with Crippen molar-refractivity contribution >= 4 is 11.9 Å². The van der Waals surface area contributed by atoms with Crippen LogP contribution < -0.4 is 0 Å². The van der Waals surface area contributed by atoms with E-state index in [1.165, 1.54) is 0 Å². The highest BCUT2D eigenvalue weighted by Crippen LogP contribution is 2.07. The van der Waals surface area contributed by atoms with E-state index in [9.17, 15) is 9.59 Å². The molecule has 0 saturated heterocycles. The predicted octanol–water partition coefficient (Wildman–Crippen LogP) is 0.746. The van der Waals surface area contributed by atoms with E-state index in [0.717, 1.165) is 0 Å². The summed E-state index contributed by atoms with van der Waals surface area (Å²) < 4.78 is 9.94. The van der Waals surface area contributed by atoms with E-state index in [4.69, 9.17) is 19.7 Å². The Morgan fingerprint density at radius 3 is 1.44 bits per heavy atom. The highest BCUT2D eigenvalue weighted by Gasteiger charge is 2.35. The minimum atomic E-state index is -1.45. The lowest BCUT2D eigenvalue weighted by atomic mass is 10.2. The van der Waals surface area contributed by atoms with Gasteiger partial charge in [0.1, 0.15) is 0 Å². The fraction of sp³-hybridized carbons (Fsp3) is 0.800. The molecule has 0 aliphatic heterocycles. The average molecular weight is 234 g/mol. The lowest BCUT2D eigenvalue weighted by Crippen LogP contribution is -2.44. The maximum absolute atomic E-state index is 10.8. The number of aliphatic carboxylic acids is 2. The molecule has 0 spiro atoms. The third-order valence-corrected chi connectivity index (χ3v) is 1.76. The predicted molar refractivity (Wildman–Crippen MR) is 55.3 cm³/mol. The number of carbonyl (C=O) groups is 2. The second-order valence-corrected chi connectivity index (χ2v) is 3.26. The van der Waals surface area contributed by atoms with Crippen LogP contribution in [0.1, 0.15) is 26.7 Å². The van der Waals surface area contributed by atoms with E-state index in [0.29, 0.717) is 12.8 Å². The first-order chi connectivity index (χ1) is 7.54. The van der Waals surface area contributed by atoms with Crippen LogP contribution in [0, 0.1) is 0 Å². The van der Waals surface area contributed by atoms with Gasteiger partial charge in [0.2, 0.25) is 0 Å². The molecule has 0 aromatic heterocycles. The number of rotatable bonds is 9. The maximum Gasteiger partial charge on any atom is 0.336 e. The van der Waals surface area contributed by atoms with Crippen LogP contribution in [0.3, 0.4) is 0 Å². The lowest BCUT2D eigenvalue weighted by Gasteiger charge is -2.20. The molecule has 0 bridgehead atoms. The zero-order chi connectivity index (χ0) is 12.6. The topological polar surface area (TPSA) is 93.1 Å². The second-order valence-electron chi connectivity index (χ2n) is 3.26. The molecule has 6 nitrogen and oxygen atoms in total. The number of ether oxygens (including phenoxy) is 2. The van der Waals surface area contributed by atoms with E-state index in [1.807, 2.05) is 13.8 Å². The first-order valence-electron chi connectivity index (χ1n) is 5.23. The summed E-state index contributed by atoms with van der Waals surface area (Å²) in [5, 5.41) is 17.7. The highest BCUT2D eigenvalue weighted by atomic mass is 16.6. The molecule has 0 saturated carbocycles. The minimum absolute atomic E-state index is 0.191. The summed E-state index contributed by atoms with van der Waals surface area (Å²) in [4.78, 5) is 21.7. The maximum atomic E-state index is 10.8. The lowest BCUT2D eigenvalue weighted by molar-refractivity contribution is -0.176. The van der Waals surface area contributed by atoms with Gasteiger partial charge in [0.05, 0.1) is 0 Å². The first-order valence-corrected chi connectivity index (χ1v) is 5.23. The van der Waals surface area contributed by atoms with Crippen LogP contribution in [0.15, 0.2) is 0 Å². The van der Waals surface area contributed by atoms with Gasteiger partial charge in [0.25, 0.3) is 0 Å². The van der Waals surface area contributed by atoms with Crippen molar-refractivity contribution in [2.75, 3.05) is 13.2 Å². The monoisotopic (exact) mass is 234 g/mol. The zero-order valence-electron chi connectivity index (χ0n) is 9.51. The smallest absolute Gasteiger partial charge is 0.336 e. The van der Waals surface area contributed by atoms with Gasteiger partial charge in [-0.25, -0.2) is 9.59 Å². The Morgan fingerprint density at radius 1 is 0.938 bits per heavy atom. The molecule has 94 valence electrons. The van der Waals surface area contributed by atoms with E-state index >= 15 is 0 Å². The Labute approximate surface area is 94.2 Å². The Bertz CT molecular complexity index is 203. The van der Waals surface area contributed by atoms with Crippen LogP contribution in [-0.4, -0.2) is 47.6 Å². The summed E-state index contributed by atoms with van der Waals surface area (Å²) in [7, 11) is 0. The normalized spacial score (nSPS) is 14.4. The van der Waals surface area contributed by atoms with Crippen molar-refractivity contribution in [2.45, 2.75) is 38.9 Å². The molecule has 0 aliphatic rings. The Morgan fingerprint density at radius 2 is 1.25 bits per heavy atom. The standard InChI is InChI=1S/C10H18O6/c1-3-5-15-7(9(11)12)8(10(13)14)16-6-4-2/h7-8H,3-6H2,1-2H3,(H,11,12)(H,13,14)/t7-,8-/m1/s1. The van der Waals surface area contributed by atoms with Crippen molar-refractivity contribution in [1.29, 1.82) is 0 Å². The van der Waals surface area contributed by atoms with Gasteiger partial charge in [-0.3, -0.25) is 0 Å². The molecule has 6 heteroatoms. The van der Waals surface area contributed by atoms with Gasteiger partial charge >= 0.3 is 11.9 Å². The van der Waals surface area contributed by atoms with E-state index in [-0.39, 0.29) is 13.2 Å². The van der Waals surface area contributed by atoms with E-state index < -0.39 is 24.1 Å². The highest BCUT2D eigenvalue weighted by molar-refractivity contribution is 5.83. The Kier molecular flexibility index (Phi) is 7.49. The van der Waals surface area contributed by atoms with Crippen LogP contribution in [-0.2, 0) is 19.1 Å². The van der Waals surface area contributed by atoms with Crippen molar-refractivity contribution < 1.29 is 29.3 Å². The van der Waals surface area contributed by atoms with Gasteiger partial charge in [-0.2, -0.15) is 0 Å². The Hall–Kier alpha value is -1.14. The molecule has 0 aromatic carbocycles. The molecule has 0 radical (unpaired) electrons. The molecule has 0 fully saturated rings. The van der Waals surface area contributed by atoms with Gasteiger partial charge in [-0.05, 0) is 12.8 Å². The molecule has 16 heavy (non-hydrogen) atoms. The van der Waals surface area contributed by atoms with Gasteiger partial charge in [-0.1, -0.05) is 13.8 Å². The number of carboxylic acids is 2. The molecule has 0 rings (SSSR count). The third kappa shape index (κ3) is 5.09. The van der Waals surface area contributed by atoms with Gasteiger partial charge < -0.3 is 19.7 Å². The summed E-state index contributed by atoms with van der Waals surface area (Å²) in [5.41, 5.74) is 0. The number of hydrogen-bond acceptors (Lipinski definition) is 4. The molecule has 0 aromatic rings. The molecule has 0 heterocycles. The van der Waals surface area contributed by atoms with Crippen LogP contribution in [0.4, 0.5) is 0 Å². The number of carboxylic acid groups (broad SMARTS) is 2. The summed E-state index contributed by atoms with van der Waals surface area (Å²) in [6.45, 7) is 4.00. The fourth-order valence-corrected chi connectivity index (χ4v) is 1.07. The summed E-state index contributed by atoms with van der Waals surface area (Å²) in [6, 6.07) is 0. The third-order valence-electron chi connectivity index (χ3n) is 1.76. The SMILES string of the molecule is CCCO[C@@H](C(=O)O)[C@@H](OCCC)C(=O)O. The van der Waals surface area contributed by atoms with Crippen molar-refractivity contribution in [3.8, 4) is 0 Å². The fourth-order valence-electron chi connectivity index (χ4n) is 1.07. The van der Waals surface area contributed by atoms with Crippen molar-refractivity contribution in [3.63, 3.8) is 0 Å². The van der Waals surface area contributed by atoms with Crippen LogP contribution in [0.25, 0.3) is 0 Å². The second kappa shape index (κ2) is 8.06. The van der Waals surface area contributed by atoms with Crippen LogP contribution in [0.5, 0.6) is 0 Å². The van der Waals surface area contributed by atoms with Gasteiger partial charge in [-0.15, -0.1) is 0 Å². The molecular formula is C10H18O6. The Balaban J connectivity index is 4.52. The van der Waals surface area contributed by atoms with Gasteiger partial charge in [0.15, 0.2) is 12.2 Å². The molecule has 2 N–H and O–H groups in total. The molecule has 0 amide bonds. The van der Waals surface area contributed by atoms with Gasteiger partial charge in [0, 0.05) is 13.2 Å². The van der Waals surface area contributed by atoms with Crippen LogP contribution in [0.2, 0.25) is 0 Å². The minimum Gasteiger partial charge on any atom is -0.479 e. The first kappa shape index (κ1) is 14.9. The quantitative estimate of drug-likeness (QED) is 0.611. The molecule has 0 aliphatic carbocycles.